The highest BCUT2D eigenvalue weighted by atomic mass is 16.4. The van der Waals surface area contributed by atoms with Crippen LogP contribution in [0.2, 0.25) is 0 Å². The van der Waals surface area contributed by atoms with Crippen LogP contribution in [0.5, 0.6) is 0 Å². The zero-order valence-corrected chi connectivity index (χ0v) is 14.4. The normalized spacial score (nSPS) is 11.2. The molecular formula is C20H26O4. The first-order chi connectivity index (χ1) is 11.5. The van der Waals surface area contributed by atoms with Gasteiger partial charge in [-0.1, -0.05) is 75.4 Å². The summed E-state index contributed by atoms with van der Waals surface area (Å²) < 4.78 is 0. The van der Waals surface area contributed by atoms with Gasteiger partial charge in [0.1, 0.15) is 0 Å². The lowest BCUT2D eigenvalue weighted by atomic mass is 10.1. The van der Waals surface area contributed by atoms with Gasteiger partial charge in [0.2, 0.25) is 0 Å². The van der Waals surface area contributed by atoms with E-state index in [1.807, 2.05) is 43.3 Å². The van der Waals surface area contributed by atoms with Crippen LogP contribution in [0.1, 0.15) is 45.1 Å². The van der Waals surface area contributed by atoms with Crippen molar-refractivity contribution in [1.82, 2.24) is 0 Å². The number of carbonyl (C=O) groups is 2. The van der Waals surface area contributed by atoms with Crippen molar-refractivity contribution in [3.8, 4) is 0 Å². The molecular weight excluding hydrogens is 304 g/mol. The summed E-state index contributed by atoms with van der Waals surface area (Å²) in [6.45, 7) is 7.33. The molecule has 0 aromatic heterocycles. The molecule has 0 saturated carbocycles. The fraction of sp³-hybridized carbons (Fsp3) is 0.300. The number of allylic oxidation sites excluding steroid dienone is 2. The molecule has 0 fully saturated rings. The lowest BCUT2D eigenvalue weighted by Crippen LogP contribution is -2.02. The summed E-state index contributed by atoms with van der Waals surface area (Å²) in [5, 5.41) is 17.6. The molecule has 130 valence electrons. The highest BCUT2D eigenvalue weighted by molar-refractivity contribution is 5.89. The molecule has 0 spiro atoms. The second-order valence-corrected chi connectivity index (χ2v) is 5.07. The fourth-order valence-corrected chi connectivity index (χ4v) is 1.76. The molecule has 0 heterocycles. The van der Waals surface area contributed by atoms with Gasteiger partial charge in [0.15, 0.2) is 0 Å². The predicted octanol–water partition coefficient (Wildman–Crippen LogP) is 4.94. The van der Waals surface area contributed by atoms with Crippen molar-refractivity contribution in [3.63, 3.8) is 0 Å². The van der Waals surface area contributed by atoms with Crippen molar-refractivity contribution in [2.75, 3.05) is 0 Å². The number of hydrogen-bond donors (Lipinski definition) is 2. The van der Waals surface area contributed by atoms with Gasteiger partial charge in [-0.15, -0.1) is 0 Å². The van der Waals surface area contributed by atoms with Crippen LogP contribution in [0, 0.1) is 0 Å². The first kappa shape index (κ1) is 21.4. The number of benzene rings is 1. The topological polar surface area (TPSA) is 74.6 Å². The summed E-state index contributed by atoms with van der Waals surface area (Å²) in [6.07, 6.45) is 7.16. The number of hydrogen-bond acceptors (Lipinski definition) is 2. The average Bonchev–Trinajstić information content (AvgIpc) is 2.58. The SMILES string of the molecule is C=Cc1ccccc1.CCCCC(=CC=C(CC)C(=O)O)C(=O)O. The summed E-state index contributed by atoms with van der Waals surface area (Å²) in [4.78, 5) is 21.5. The van der Waals surface area contributed by atoms with Gasteiger partial charge in [0.25, 0.3) is 0 Å². The molecule has 2 N–H and O–H groups in total. The van der Waals surface area contributed by atoms with Gasteiger partial charge in [0.05, 0.1) is 0 Å². The largest absolute Gasteiger partial charge is 0.478 e. The zero-order valence-electron chi connectivity index (χ0n) is 14.4. The van der Waals surface area contributed by atoms with Gasteiger partial charge in [0, 0.05) is 11.1 Å². The third-order valence-electron chi connectivity index (χ3n) is 3.25. The Morgan fingerprint density at radius 1 is 1.00 bits per heavy atom. The van der Waals surface area contributed by atoms with E-state index in [0.29, 0.717) is 12.8 Å². The van der Waals surface area contributed by atoms with Gasteiger partial charge >= 0.3 is 11.9 Å². The van der Waals surface area contributed by atoms with Crippen LogP contribution >= 0.6 is 0 Å². The molecule has 0 unspecified atom stereocenters. The van der Waals surface area contributed by atoms with Gasteiger partial charge in [-0.2, -0.15) is 0 Å². The van der Waals surface area contributed by atoms with Crippen LogP contribution in [-0.4, -0.2) is 22.2 Å². The molecule has 0 aliphatic carbocycles. The molecule has 1 rings (SSSR count). The smallest absolute Gasteiger partial charge is 0.331 e. The van der Waals surface area contributed by atoms with Crippen molar-refractivity contribution in [1.29, 1.82) is 0 Å². The van der Waals surface area contributed by atoms with Crippen molar-refractivity contribution in [2.24, 2.45) is 0 Å². The van der Waals surface area contributed by atoms with Crippen LogP contribution in [0.25, 0.3) is 6.08 Å². The van der Waals surface area contributed by atoms with Crippen LogP contribution in [-0.2, 0) is 9.59 Å². The van der Waals surface area contributed by atoms with Gasteiger partial charge in [-0.05, 0) is 24.8 Å². The minimum atomic E-state index is -1.00. The van der Waals surface area contributed by atoms with E-state index in [0.717, 1.165) is 12.8 Å². The summed E-state index contributed by atoms with van der Waals surface area (Å²) in [5.41, 5.74) is 1.65. The highest BCUT2D eigenvalue weighted by Crippen LogP contribution is 2.10. The first-order valence-corrected chi connectivity index (χ1v) is 8.00. The van der Waals surface area contributed by atoms with Crippen molar-refractivity contribution in [3.05, 3.63) is 65.8 Å². The Kier molecular flexibility index (Phi) is 11.5. The molecule has 4 nitrogen and oxygen atoms in total. The zero-order chi connectivity index (χ0) is 18.4. The maximum absolute atomic E-state index is 10.8. The third-order valence-corrected chi connectivity index (χ3v) is 3.25. The molecule has 1 aromatic carbocycles. The van der Waals surface area contributed by atoms with Crippen LogP contribution in [0.3, 0.4) is 0 Å². The molecule has 24 heavy (non-hydrogen) atoms. The van der Waals surface area contributed by atoms with E-state index in [1.165, 1.54) is 17.7 Å². The molecule has 0 aliphatic heterocycles. The van der Waals surface area contributed by atoms with E-state index in [1.54, 1.807) is 6.92 Å². The minimum Gasteiger partial charge on any atom is -0.478 e. The number of carboxylic acid groups (broad SMARTS) is 2. The Labute approximate surface area is 143 Å². The molecule has 0 radical (unpaired) electrons. The molecule has 4 heteroatoms. The van der Waals surface area contributed by atoms with Gasteiger partial charge < -0.3 is 10.2 Å². The number of carboxylic acids is 2. The fourth-order valence-electron chi connectivity index (χ4n) is 1.76. The number of rotatable bonds is 8. The maximum Gasteiger partial charge on any atom is 0.331 e. The van der Waals surface area contributed by atoms with E-state index in [-0.39, 0.29) is 11.1 Å². The highest BCUT2D eigenvalue weighted by Gasteiger charge is 2.07. The van der Waals surface area contributed by atoms with Crippen LogP contribution < -0.4 is 0 Å². The Bertz CT molecular complexity index is 583. The van der Waals surface area contributed by atoms with Crippen molar-refractivity contribution < 1.29 is 19.8 Å². The van der Waals surface area contributed by atoms with Crippen molar-refractivity contribution >= 4 is 18.0 Å². The maximum atomic E-state index is 10.8. The molecule has 0 amide bonds. The molecule has 0 bridgehead atoms. The standard InChI is InChI=1S/C12H18O4.C8H8/c1-3-5-6-10(12(15)16)8-7-9(4-2)11(13)14;1-2-8-6-4-3-5-7-8/h7-8H,3-6H2,1-2H3,(H,13,14)(H,15,16);2-7H,1H2. The summed E-state index contributed by atoms with van der Waals surface area (Å²) in [6, 6.07) is 10.0. The summed E-state index contributed by atoms with van der Waals surface area (Å²) in [7, 11) is 0. The van der Waals surface area contributed by atoms with Crippen LogP contribution in [0.4, 0.5) is 0 Å². The van der Waals surface area contributed by atoms with E-state index >= 15 is 0 Å². The second kappa shape index (κ2) is 12.9. The summed E-state index contributed by atoms with van der Waals surface area (Å²) >= 11 is 0. The quantitative estimate of drug-likeness (QED) is 0.523. The lowest BCUT2D eigenvalue weighted by molar-refractivity contribution is -0.133. The molecule has 0 aliphatic rings. The van der Waals surface area contributed by atoms with Gasteiger partial charge in [-0.3, -0.25) is 0 Å². The lowest BCUT2D eigenvalue weighted by Gasteiger charge is -2.00. The van der Waals surface area contributed by atoms with E-state index < -0.39 is 11.9 Å². The molecule has 0 saturated heterocycles. The van der Waals surface area contributed by atoms with Crippen molar-refractivity contribution in [2.45, 2.75) is 39.5 Å². The average molecular weight is 330 g/mol. The predicted molar refractivity (Wildman–Crippen MR) is 97.8 cm³/mol. The van der Waals surface area contributed by atoms with E-state index in [2.05, 4.69) is 6.58 Å². The Morgan fingerprint density at radius 3 is 1.92 bits per heavy atom. The van der Waals surface area contributed by atoms with E-state index in [4.69, 9.17) is 10.2 Å². The van der Waals surface area contributed by atoms with E-state index in [9.17, 15) is 9.59 Å². The molecule has 0 atom stereocenters. The van der Waals surface area contributed by atoms with Crippen LogP contribution in [0.15, 0.2) is 60.2 Å². The monoisotopic (exact) mass is 330 g/mol. The third kappa shape index (κ3) is 9.41. The molecule has 1 aromatic rings. The Morgan fingerprint density at radius 2 is 1.54 bits per heavy atom. The Hall–Kier alpha value is -2.62. The Balaban J connectivity index is 0.000000546. The number of aliphatic carboxylic acids is 2. The first-order valence-electron chi connectivity index (χ1n) is 8.00. The second-order valence-electron chi connectivity index (χ2n) is 5.07. The minimum absolute atomic E-state index is 0.218. The summed E-state index contributed by atoms with van der Waals surface area (Å²) in [5.74, 6) is -1.98. The van der Waals surface area contributed by atoms with Gasteiger partial charge in [-0.25, -0.2) is 9.59 Å². The number of unbranched alkanes of at least 4 members (excludes halogenated alkanes) is 1.